The Balaban J connectivity index is 1.83. The summed E-state index contributed by atoms with van der Waals surface area (Å²) in [7, 11) is 1.38. The zero-order chi connectivity index (χ0) is 31.5. The first kappa shape index (κ1) is 32.4. The zero-order valence-corrected chi connectivity index (χ0v) is 24.6. The number of ether oxygens (including phenoxy) is 3. The first-order chi connectivity index (χ1) is 19.4. The van der Waals surface area contributed by atoms with Crippen LogP contribution < -0.4 is 20.7 Å². The standard InChI is InChI=1S/C28H36F3N5O6/c1-26(2,3)23(38)41-22(37)19(35-25(39)42-27(4,5)6)12-15-8-11-18(20(13-15)40-7)34-24-32-14-17(28(29,30)31)21(36-24)33-16-9-10-16/h8,11,13-14,16,19H,9-10,12H2,1-7H3,(H,35,39)(H2,32,33,34,36)/t19-/m0/s1. The zero-order valence-electron chi connectivity index (χ0n) is 24.6. The van der Waals surface area contributed by atoms with Crippen molar-refractivity contribution in [2.24, 2.45) is 5.41 Å². The quantitative estimate of drug-likeness (QED) is 0.256. The Kier molecular flexibility index (Phi) is 9.58. The molecule has 14 heteroatoms. The van der Waals surface area contributed by atoms with E-state index in [0.29, 0.717) is 17.4 Å². The number of anilines is 3. The van der Waals surface area contributed by atoms with Crippen LogP contribution in [0.2, 0.25) is 0 Å². The highest BCUT2D eigenvalue weighted by atomic mass is 19.4. The molecule has 1 aromatic heterocycles. The summed E-state index contributed by atoms with van der Waals surface area (Å²) in [5, 5.41) is 8.10. The lowest BCUT2D eigenvalue weighted by Crippen LogP contribution is -2.46. The second kappa shape index (κ2) is 12.4. The van der Waals surface area contributed by atoms with Gasteiger partial charge in [0.1, 0.15) is 28.8 Å². The third kappa shape index (κ3) is 9.48. The van der Waals surface area contributed by atoms with Crippen LogP contribution in [0.25, 0.3) is 0 Å². The number of rotatable bonds is 9. The number of benzene rings is 1. The molecule has 1 aromatic carbocycles. The number of methoxy groups -OCH3 is 1. The summed E-state index contributed by atoms with van der Waals surface area (Å²) in [6.07, 6.45) is -3.40. The van der Waals surface area contributed by atoms with Gasteiger partial charge in [0.25, 0.3) is 0 Å². The average molecular weight is 596 g/mol. The van der Waals surface area contributed by atoms with E-state index >= 15 is 0 Å². The van der Waals surface area contributed by atoms with Crippen molar-refractivity contribution in [2.45, 2.75) is 84.7 Å². The Bertz CT molecular complexity index is 1320. The summed E-state index contributed by atoms with van der Waals surface area (Å²) in [5.74, 6) is -1.91. The largest absolute Gasteiger partial charge is 0.495 e. The van der Waals surface area contributed by atoms with Crippen LogP contribution >= 0.6 is 0 Å². The van der Waals surface area contributed by atoms with Crippen LogP contribution in [0.3, 0.4) is 0 Å². The summed E-state index contributed by atoms with van der Waals surface area (Å²) < 4.78 is 56.1. The minimum Gasteiger partial charge on any atom is -0.495 e. The molecule has 42 heavy (non-hydrogen) atoms. The number of nitrogens with zero attached hydrogens (tertiary/aromatic N) is 2. The van der Waals surface area contributed by atoms with Crippen LogP contribution in [-0.2, 0) is 31.7 Å². The van der Waals surface area contributed by atoms with E-state index in [9.17, 15) is 27.6 Å². The van der Waals surface area contributed by atoms with Crippen LogP contribution in [0.1, 0.15) is 65.5 Å². The number of hydrogen-bond donors (Lipinski definition) is 3. The highest BCUT2D eigenvalue weighted by Gasteiger charge is 2.37. The van der Waals surface area contributed by atoms with E-state index in [-0.39, 0.29) is 30.0 Å². The van der Waals surface area contributed by atoms with Gasteiger partial charge in [-0.25, -0.2) is 14.6 Å². The Hall–Kier alpha value is -4.10. The Labute approximate surface area is 241 Å². The van der Waals surface area contributed by atoms with Gasteiger partial charge < -0.3 is 30.2 Å². The maximum absolute atomic E-state index is 13.4. The monoisotopic (exact) mass is 595 g/mol. The molecule has 1 saturated carbocycles. The first-order valence-corrected chi connectivity index (χ1v) is 13.3. The van der Waals surface area contributed by atoms with Crippen LogP contribution in [-0.4, -0.2) is 52.8 Å². The molecule has 0 spiro atoms. The van der Waals surface area contributed by atoms with E-state index in [1.54, 1.807) is 59.7 Å². The minimum atomic E-state index is -4.63. The van der Waals surface area contributed by atoms with E-state index in [1.165, 1.54) is 7.11 Å². The second-order valence-corrected chi connectivity index (χ2v) is 11.9. The van der Waals surface area contributed by atoms with Crippen molar-refractivity contribution in [1.29, 1.82) is 0 Å². The fourth-order valence-electron chi connectivity index (χ4n) is 3.46. The summed E-state index contributed by atoms with van der Waals surface area (Å²) >= 11 is 0. The highest BCUT2D eigenvalue weighted by molar-refractivity contribution is 5.92. The number of alkyl carbamates (subject to hydrolysis) is 1. The number of carbonyl (C=O) groups excluding carboxylic acids is 3. The van der Waals surface area contributed by atoms with Gasteiger partial charge in [-0.05, 0) is 72.1 Å². The van der Waals surface area contributed by atoms with Crippen LogP contribution in [0, 0.1) is 5.41 Å². The minimum absolute atomic E-state index is 0.0738. The average Bonchev–Trinajstić information content (AvgIpc) is 3.66. The Morgan fingerprint density at radius 1 is 1.07 bits per heavy atom. The van der Waals surface area contributed by atoms with Crippen molar-refractivity contribution >= 4 is 35.5 Å². The molecule has 1 fully saturated rings. The molecule has 3 N–H and O–H groups in total. The summed E-state index contributed by atoms with van der Waals surface area (Å²) in [4.78, 5) is 45.6. The summed E-state index contributed by atoms with van der Waals surface area (Å²) in [6, 6.07) is 3.35. The fourth-order valence-corrected chi connectivity index (χ4v) is 3.46. The van der Waals surface area contributed by atoms with E-state index in [4.69, 9.17) is 14.2 Å². The fraction of sp³-hybridized carbons (Fsp3) is 0.536. The molecule has 0 saturated heterocycles. The number of hydrogen-bond acceptors (Lipinski definition) is 10. The molecule has 0 unspecified atom stereocenters. The lowest BCUT2D eigenvalue weighted by Gasteiger charge is -2.24. The van der Waals surface area contributed by atoms with Gasteiger partial charge in [0.15, 0.2) is 0 Å². The predicted octanol–water partition coefficient (Wildman–Crippen LogP) is 5.37. The molecule has 0 radical (unpaired) electrons. The van der Waals surface area contributed by atoms with Crippen LogP contribution in [0.15, 0.2) is 24.4 Å². The molecular formula is C28H36F3N5O6. The van der Waals surface area contributed by atoms with E-state index < -0.39 is 46.8 Å². The van der Waals surface area contributed by atoms with Gasteiger partial charge in [0.2, 0.25) is 5.95 Å². The number of carbonyl (C=O) groups is 3. The molecule has 1 atom stereocenters. The van der Waals surface area contributed by atoms with Crippen molar-refractivity contribution in [1.82, 2.24) is 15.3 Å². The van der Waals surface area contributed by atoms with Gasteiger partial charge in [-0.15, -0.1) is 0 Å². The molecule has 0 bridgehead atoms. The SMILES string of the molecule is COc1cc(C[C@H](NC(=O)OC(C)(C)C)C(=O)OC(=O)C(C)(C)C)ccc1Nc1ncc(C(F)(F)F)c(NC2CC2)n1. The third-order valence-corrected chi connectivity index (χ3v) is 5.75. The Morgan fingerprint density at radius 3 is 2.29 bits per heavy atom. The van der Waals surface area contributed by atoms with Gasteiger partial charge in [0.05, 0.1) is 18.2 Å². The number of nitrogens with one attached hydrogen (secondary N) is 3. The second-order valence-electron chi connectivity index (χ2n) is 11.9. The lowest BCUT2D eigenvalue weighted by molar-refractivity contribution is -0.167. The van der Waals surface area contributed by atoms with Crippen molar-refractivity contribution in [2.75, 3.05) is 17.7 Å². The number of aromatic nitrogens is 2. The molecule has 1 heterocycles. The number of amides is 1. The molecule has 1 amide bonds. The summed E-state index contributed by atoms with van der Waals surface area (Å²) in [5.41, 5.74) is -1.94. The Morgan fingerprint density at radius 2 is 1.74 bits per heavy atom. The van der Waals surface area contributed by atoms with Crippen molar-refractivity contribution in [3.63, 3.8) is 0 Å². The number of halogens is 3. The summed E-state index contributed by atoms with van der Waals surface area (Å²) in [6.45, 7) is 9.73. The number of esters is 2. The van der Waals surface area contributed by atoms with E-state index in [0.717, 1.165) is 12.8 Å². The van der Waals surface area contributed by atoms with Crippen molar-refractivity contribution < 1.29 is 41.8 Å². The molecule has 3 rings (SSSR count). The maximum Gasteiger partial charge on any atom is 0.421 e. The molecule has 230 valence electrons. The third-order valence-electron chi connectivity index (χ3n) is 5.75. The number of alkyl halides is 3. The van der Waals surface area contributed by atoms with Gasteiger partial charge in [-0.3, -0.25) is 4.79 Å². The van der Waals surface area contributed by atoms with Crippen LogP contribution in [0.5, 0.6) is 5.75 Å². The molecule has 0 aliphatic heterocycles. The lowest BCUT2D eigenvalue weighted by atomic mass is 9.97. The molecule has 2 aromatic rings. The normalized spacial score (nSPS) is 14.4. The van der Waals surface area contributed by atoms with Gasteiger partial charge in [-0.2, -0.15) is 18.2 Å². The molecule has 1 aliphatic carbocycles. The topological polar surface area (TPSA) is 141 Å². The van der Waals surface area contributed by atoms with E-state index in [2.05, 4.69) is 25.9 Å². The molecular weight excluding hydrogens is 559 g/mol. The van der Waals surface area contributed by atoms with E-state index in [1.807, 2.05) is 0 Å². The first-order valence-electron chi connectivity index (χ1n) is 13.3. The molecule has 1 aliphatic rings. The smallest absolute Gasteiger partial charge is 0.421 e. The predicted molar refractivity (Wildman–Crippen MR) is 147 cm³/mol. The van der Waals surface area contributed by atoms with Gasteiger partial charge in [0, 0.05) is 18.7 Å². The maximum atomic E-state index is 13.4. The van der Waals surface area contributed by atoms with Gasteiger partial charge >= 0.3 is 24.2 Å². The highest BCUT2D eigenvalue weighted by Crippen LogP contribution is 2.37. The van der Waals surface area contributed by atoms with Gasteiger partial charge in [-0.1, -0.05) is 6.07 Å². The van der Waals surface area contributed by atoms with Crippen molar-refractivity contribution in [3.8, 4) is 5.75 Å². The molecule has 11 nitrogen and oxygen atoms in total. The van der Waals surface area contributed by atoms with Crippen LogP contribution in [0.4, 0.5) is 35.4 Å². The van der Waals surface area contributed by atoms with Crippen molar-refractivity contribution in [3.05, 3.63) is 35.5 Å².